The number of benzene rings is 1. The van der Waals surface area contributed by atoms with Gasteiger partial charge in [0.25, 0.3) is 0 Å². The van der Waals surface area contributed by atoms with E-state index in [-0.39, 0.29) is 18.3 Å². The molecule has 0 aliphatic carbocycles. The maximum atomic E-state index is 12.7. The van der Waals surface area contributed by atoms with Crippen molar-refractivity contribution in [1.29, 1.82) is 0 Å². The molecule has 1 amide bonds. The zero-order valence-corrected chi connectivity index (χ0v) is 11.2. The summed E-state index contributed by atoms with van der Waals surface area (Å²) in [6.45, 7) is 2.30. The third-order valence-corrected chi connectivity index (χ3v) is 3.59. The van der Waals surface area contributed by atoms with E-state index in [1.807, 2.05) is 0 Å². The lowest BCUT2D eigenvalue weighted by Gasteiger charge is -2.18. The number of carboxylic acid groups (broad SMARTS) is 1. The van der Waals surface area contributed by atoms with Crippen LogP contribution >= 0.6 is 0 Å². The van der Waals surface area contributed by atoms with Gasteiger partial charge in [-0.2, -0.15) is 0 Å². The van der Waals surface area contributed by atoms with Crippen LogP contribution in [0.1, 0.15) is 18.9 Å². The number of aliphatic carboxylic acids is 1. The van der Waals surface area contributed by atoms with Gasteiger partial charge in [-0.25, -0.2) is 4.39 Å². The molecule has 0 bridgehead atoms. The van der Waals surface area contributed by atoms with E-state index >= 15 is 0 Å². The highest BCUT2D eigenvalue weighted by molar-refractivity contribution is 5.92. The standard InChI is InChI=1S/C15H16FNO3/c1-15(14(19)20)8-9-17(10-15)13(18)7-4-11-2-5-12(16)6-3-11/h2-7H,8-10H2,1H3,(H,19,20)/b7-4+. The fourth-order valence-corrected chi connectivity index (χ4v) is 2.17. The van der Waals surface area contributed by atoms with Gasteiger partial charge in [-0.15, -0.1) is 0 Å². The van der Waals surface area contributed by atoms with E-state index in [1.165, 1.54) is 23.1 Å². The van der Waals surface area contributed by atoms with Crippen LogP contribution in [0, 0.1) is 11.2 Å². The summed E-state index contributed by atoms with van der Waals surface area (Å²) >= 11 is 0. The Bertz CT molecular complexity index is 553. The van der Waals surface area contributed by atoms with Crippen molar-refractivity contribution in [2.24, 2.45) is 5.41 Å². The third kappa shape index (κ3) is 3.04. The number of halogens is 1. The van der Waals surface area contributed by atoms with Crippen LogP contribution in [0.2, 0.25) is 0 Å². The third-order valence-electron chi connectivity index (χ3n) is 3.59. The zero-order chi connectivity index (χ0) is 14.8. The van der Waals surface area contributed by atoms with Crippen molar-refractivity contribution in [2.45, 2.75) is 13.3 Å². The van der Waals surface area contributed by atoms with E-state index in [1.54, 1.807) is 25.1 Å². The zero-order valence-electron chi connectivity index (χ0n) is 11.2. The molecule has 1 aromatic carbocycles. The molecular formula is C15H16FNO3. The molecule has 106 valence electrons. The van der Waals surface area contributed by atoms with E-state index in [2.05, 4.69) is 0 Å². The van der Waals surface area contributed by atoms with Gasteiger partial charge in [0.1, 0.15) is 5.82 Å². The summed E-state index contributed by atoms with van der Waals surface area (Å²) in [5, 5.41) is 9.11. The number of rotatable bonds is 3. The van der Waals surface area contributed by atoms with Gasteiger partial charge >= 0.3 is 5.97 Å². The predicted octanol–water partition coefficient (Wildman–Crippen LogP) is 2.16. The number of amides is 1. The van der Waals surface area contributed by atoms with Gasteiger partial charge in [0.2, 0.25) is 5.91 Å². The SMILES string of the molecule is CC1(C(=O)O)CCN(C(=O)/C=C/c2ccc(F)cc2)C1. The van der Waals surface area contributed by atoms with E-state index in [0.29, 0.717) is 13.0 Å². The van der Waals surface area contributed by atoms with Crippen LogP contribution in [0.3, 0.4) is 0 Å². The largest absolute Gasteiger partial charge is 0.481 e. The van der Waals surface area contributed by atoms with Crippen LogP contribution in [0.15, 0.2) is 30.3 Å². The number of hydrogen-bond donors (Lipinski definition) is 1. The molecule has 1 unspecified atom stereocenters. The minimum Gasteiger partial charge on any atom is -0.481 e. The van der Waals surface area contributed by atoms with Crippen LogP contribution in [0.25, 0.3) is 6.08 Å². The Balaban J connectivity index is 1.99. The van der Waals surface area contributed by atoms with Crippen LogP contribution in [-0.2, 0) is 9.59 Å². The molecule has 20 heavy (non-hydrogen) atoms. The van der Waals surface area contributed by atoms with Crippen molar-refractivity contribution in [1.82, 2.24) is 4.90 Å². The first-order valence-corrected chi connectivity index (χ1v) is 6.37. The first-order chi connectivity index (χ1) is 9.40. The van der Waals surface area contributed by atoms with Crippen LogP contribution < -0.4 is 0 Å². The highest BCUT2D eigenvalue weighted by Gasteiger charge is 2.41. The van der Waals surface area contributed by atoms with Gasteiger partial charge in [0.15, 0.2) is 0 Å². The minimum absolute atomic E-state index is 0.217. The average Bonchev–Trinajstić information content (AvgIpc) is 2.82. The molecule has 1 saturated heterocycles. The summed E-state index contributed by atoms with van der Waals surface area (Å²) in [6.07, 6.45) is 3.44. The van der Waals surface area contributed by atoms with E-state index in [9.17, 15) is 14.0 Å². The Kier molecular flexibility index (Phi) is 3.88. The Morgan fingerprint density at radius 2 is 2.00 bits per heavy atom. The van der Waals surface area contributed by atoms with E-state index in [0.717, 1.165) is 5.56 Å². The van der Waals surface area contributed by atoms with Crippen molar-refractivity contribution in [2.75, 3.05) is 13.1 Å². The molecule has 4 nitrogen and oxygen atoms in total. The monoisotopic (exact) mass is 277 g/mol. The minimum atomic E-state index is -0.879. The summed E-state index contributed by atoms with van der Waals surface area (Å²) in [5.41, 5.74) is -0.140. The highest BCUT2D eigenvalue weighted by Crippen LogP contribution is 2.30. The number of likely N-dealkylation sites (tertiary alicyclic amines) is 1. The summed E-state index contributed by atoms with van der Waals surface area (Å²) < 4.78 is 12.7. The second-order valence-electron chi connectivity index (χ2n) is 5.26. The molecular weight excluding hydrogens is 261 g/mol. The molecule has 0 aromatic heterocycles. The fourth-order valence-electron chi connectivity index (χ4n) is 2.17. The normalized spacial score (nSPS) is 22.4. The molecule has 5 heteroatoms. The molecule has 0 radical (unpaired) electrons. The topological polar surface area (TPSA) is 57.6 Å². The first kappa shape index (κ1) is 14.2. The van der Waals surface area contributed by atoms with Crippen LogP contribution in [-0.4, -0.2) is 35.0 Å². The number of carboxylic acids is 1. The van der Waals surface area contributed by atoms with Gasteiger partial charge in [0.05, 0.1) is 5.41 Å². The lowest BCUT2D eigenvalue weighted by atomic mass is 9.90. The van der Waals surface area contributed by atoms with Crippen molar-refractivity contribution < 1.29 is 19.1 Å². The molecule has 1 N–H and O–H groups in total. The molecule has 1 aliphatic heterocycles. The Morgan fingerprint density at radius 1 is 1.35 bits per heavy atom. The predicted molar refractivity (Wildman–Crippen MR) is 72.4 cm³/mol. The smallest absolute Gasteiger partial charge is 0.311 e. The van der Waals surface area contributed by atoms with Gasteiger partial charge < -0.3 is 10.0 Å². The fraction of sp³-hybridized carbons (Fsp3) is 0.333. The molecule has 1 aliphatic rings. The molecule has 0 spiro atoms. The van der Waals surface area contributed by atoms with Crippen molar-refractivity contribution in [3.05, 3.63) is 41.7 Å². The average molecular weight is 277 g/mol. The van der Waals surface area contributed by atoms with Gasteiger partial charge in [-0.1, -0.05) is 12.1 Å². The van der Waals surface area contributed by atoms with Gasteiger partial charge in [-0.3, -0.25) is 9.59 Å². The Hall–Kier alpha value is -2.17. The molecule has 1 fully saturated rings. The molecule has 2 rings (SSSR count). The lowest BCUT2D eigenvalue weighted by molar-refractivity contribution is -0.147. The van der Waals surface area contributed by atoms with Crippen LogP contribution in [0.4, 0.5) is 4.39 Å². The number of nitrogens with zero attached hydrogens (tertiary/aromatic N) is 1. The Labute approximate surface area is 116 Å². The summed E-state index contributed by atoms with van der Waals surface area (Å²) in [7, 11) is 0. The maximum absolute atomic E-state index is 12.7. The summed E-state index contributed by atoms with van der Waals surface area (Å²) in [5.74, 6) is -1.43. The number of hydrogen-bond acceptors (Lipinski definition) is 2. The highest BCUT2D eigenvalue weighted by atomic mass is 19.1. The Morgan fingerprint density at radius 3 is 2.55 bits per heavy atom. The molecule has 1 aromatic rings. The van der Waals surface area contributed by atoms with Crippen molar-refractivity contribution >= 4 is 18.0 Å². The van der Waals surface area contributed by atoms with Gasteiger partial charge in [0, 0.05) is 19.2 Å². The van der Waals surface area contributed by atoms with Gasteiger partial charge in [-0.05, 0) is 37.1 Å². The molecule has 0 saturated carbocycles. The summed E-state index contributed by atoms with van der Waals surface area (Å²) in [4.78, 5) is 24.6. The van der Waals surface area contributed by atoms with E-state index < -0.39 is 11.4 Å². The lowest BCUT2D eigenvalue weighted by Crippen LogP contribution is -2.34. The van der Waals surface area contributed by atoms with Crippen LogP contribution in [0.5, 0.6) is 0 Å². The van der Waals surface area contributed by atoms with Crippen molar-refractivity contribution in [3.8, 4) is 0 Å². The quantitative estimate of drug-likeness (QED) is 0.861. The summed E-state index contributed by atoms with van der Waals surface area (Å²) in [6, 6.07) is 5.79. The number of carbonyl (C=O) groups is 2. The molecule has 1 atom stereocenters. The second-order valence-corrected chi connectivity index (χ2v) is 5.26. The number of carbonyl (C=O) groups excluding carboxylic acids is 1. The van der Waals surface area contributed by atoms with E-state index in [4.69, 9.17) is 5.11 Å². The van der Waals surface area contributed by atoms with Crippen molar-refractivity contribution in [3.63, 3.8) is 0 Å². The molecule has 1 heterocycles. The second kappa shape index (κ2) is 5.45. The first-order valence-electron chi connectivity index (χ1n) is 6.37. The maximum Gasteiger partial charge on any atom is 0.311 e.